The van der Waals surface area contributed by atoms with Crippen LogP contribution in [-0.2, 0) is 4.79 Å². The molecule has 116 valence electrons. The number of carboxylic acid groups (broad SMARTS) is 1. The molecule has 1 saturated heterocycles. The fraction of sp³-hybridized carbons (Fsp3) is 0.714. The maximum absolute atomic E-state index is 12.3. The lowest BCUT2D eigenvalue weighted by Crippen LogP contribution is -2.39. The van der Waals surface area contributed by atoms with Gasteiger partial charge < -0.3 is 10.0 Å². The number of nitrogens with one attached hydrogen (secondary N) is 1. The molecule has 21 heavy (non-hydrogen) atoms. The lowest BCUT2D eigenvalue weighted by Gasteiger charge is -2.31. The molecule has 1 aliphatic heterocycles. The van der Waals surface area contributed by atoms with Crippen LogP contribution in [0.25, 0.3) is 0 Å². The van der Waals surface area contributed by atoms with E-state index in [1.165, 1.54) is 0 Å². The van der Waals surface area contributed by atoms with E-state index in [1.54, 1.807) is 4.90 Å². The van der Waals surface area contributed by atoms with Gasteiger partial charge in [0.25, 0.3) is 5.91 Å². The zero-order valence-electron chi connectivity index (χ0n) is 12.5. The Kier molecular flexibility index (Phi) is 4.93. The van der Waals surface area contributed by atoms with Gasteiger partial charge in [-0.25, -0.2) is 4.98 Å². The predicted octanol–water partition coefficient (Wildman–Crippen LogP) is 1.65. The average Bonchev–Trinajstić information content (AvgIpc) is 2.95. The highest BCUT2D eigenvalue weighted by Crippen LogP contribution is 2.22. The lowest BCUT2D eigenvalue weighted by atomic mass is 9.92. The van der Waals surface area contributed by atoms with E-state index in [4.69, 9.17) is 5.11 Å². The van der Waals surface area contributed by atoms with Crippen molar-refractivity contribution in [2.45, 2.75) is 45.4 Å². The van der Waals surface area contributed by atoms with Crippen molar-refractivity contribution in [2.24, 2.45) is 5.92 Å². The second kappa shape index (κ2) is 6.69. The molecule has 2 heterocycles. The molecule has 0 aromatic carbocycles. The molecular weight excluding hydrogens is 272 g/mol. The normalized spacial score (nSPS) is 16.4. The number of aromatic amines is 1. The van der Waals surface area contributed by atoms with Crippen LogP contribution in [0.15, 0.2) is 0 Å². The highest BCUT2D eigenvalue weighted by Gasteiger charge is 2.26. The first-order chi connectivity index (χ1) is 9.97. The van der Waals surface area contributed by atoms with Gasteiger partial charge in [-0.3, -0.25) is 14.7 Å². The third kappa shape index (κ3) is 4.03. The first kappa shape index (κ1) is 15.5. The van der Waals surface area contributed by atoms with Crippen molar-refractivity contribution in [3.8, 4) is 0 Å². The van der Waals surface area contributed by atoms with E-state index in [0.29, 0.717) is 25.4 Å². The summed E-state index contributed by atoms with van der Waals surface area (Å²) in [5.41, 5.74) is 0. The van der Waals surface area contributed by atoms with Crippen LogP contribution < -0.4 is 0 Å². The van der Waals surface area contributed by atoms with Gasteiger partial charge in [0, 0.05) is 25.4 Å². The predicted molar refractivity (Wildman–Crippen MR) is 76.0 cm³/mol. The number of piperidine rings is 1. The minimum absolute atomic E-state index is 0.144. The number of aromatic nitrogens is 3. The smallest absolute Gasteiger partial charge is 0.303 e. The summed E-state index contributed by atoms with van der Waals surface area (Å²) in [5, 5.41) is 15.5. The van der Waals surface area contributed by atoms with Gasteiger partial charge in [0.05, 0.1) is 0 Å². The van der Waals surface area contributed by atoms with Crippen LogP contribution in [0, 0.1) is 5.92 Å². The van der Waals surface area contributed by atoms with Gasteiger partial charge in [0.2, 0.25) is 5.82 Å². The van der Waals surface area contributed by atoms with E-state index in [0.717, 1.165) is 18.7 Å². The van der Waals surface area contributed by atoms with Crippen molar-refractivity contribution in [1.82, 2.24) is 20.1 Å². The minimum atomic E-state index is -0.754. The van der Waals surface area contributed by atoms with Gasteiger partial charge in [-0.2, -0.15) is 0 Å². The van der Waals surface area contributed by atoms with Crippen molar-refractivity contribution < 1.29 is 14.7 Å². The highest BCUT2D eigenvalue weighted by molar-refractivity contribution is 5.90. The lowest BCUT2D eigenvalue weighted by molar-refractivity contribution is -0.137. The molecule has 0 spiro atoms. The molecule has 2 rings (SSSR count). The summed E-state index contributed by atoms with van der Waals surface area (Å²) in [7, 11) is 0. The molecule has 0 aliphatic carbocycles. The summed E-state index contributed by atoms with van der Waals surface area (Å²) in [5.74, 6) is 0.645. The van der Waals surface area contributed by atoms with Gasteiger partial charge in [-0.15, -0.1) is 5.10 Å². The number of likely N-dealkylation sites (tertiary alicyclic amines) is 1. The molecule has 0 radical (unpaired) electrons. The molecule has 0 bridgehead atoms. The number of carboxylic acids is 1. The second-order valence-corrected chi connectivity index (χ2v) is 5.87. The summed E-state index contributed by atoms with van der Waals surface area (Å²) in [6.07, 6.45) is 2.59. The van der Waals surface area contributed by atoms with E-state index in [1.807, 2.05) is 13.8 Å². The summed E-state index contributed by atoms with van der Waals surface area (Å²) in [6, 6.07) is 0. The number of amides is 1. The molecule has 1 amide bonds. The quantitative estimate of drug-likeness (QED) is 0.860. The molecule has 1 fully saturated rings. The van der Waals surface area contributed by atoms with Crippen molar-refractivity contribution in [3.63, 3.8) is 0 Å². The van der Waals surface area contributed by atoms with E-state index >= 15 is 0 Å². The fourth-order valence-electron chi connectivity index (χ4n) is 2.52. The van der Waals surface area contributed by atoms with Crippen molar-refractivity contribution in [2.75, 3.05) is 13.1 Å². The Labute approximate surface area is 123 Å². The maximum Gasteiger partial charge on any atom is 0.303 e. The van der Waals surface area contributed by atoms with Gasteiger partial charge in [-0.1, -0.05) is 13.8 Å². The van der Waals surface area contributed by atoms with Crippen molar-refractivity contribution in [3.05, 3.63) is 11.6 Å². The van der Waals surface area contributed by atoms with Gasteiger partial charge in [0.15, 0.2) is 0 Å². The third-order valence-electron chi connectivity index (χ3n) is 3.91. The number of carbonyl (C=O) groups is 2. The number of H-pyrrole nitrogens is 1. The zero-order chi connectivity index (χ0) is 15.4. The Morgan fingerprint density at radius 3 is 2.57 bits per heavy atom. The topological polar surface area (TPSA) is 99.2 Å². The Morgan fingerprint density at radius 1 is 1.38 bits per heavy atom. The Balaban J connectivity index is 1.86. The average molecular weight is 294 g/mol. The van der Waals surface area contributed by atoms with Crippen LogP contribution in [-0.4, -0.2) is 50.2 Å². The molecule has 7 nitrogen and oxygen atoms in total. The molecule has 7 heteroatoms. The number of hydrogen-bond acceptors (Lipinski definition) is 4. The van der Waals surface area contributed by atoms with E-state index < -0.39 is 5.97 Å². The Hall–Kier alpha value is -1.92. The first-order valence-corrected chi connectivity index (χ1v) is 7.40. The summed E-state index contributed by atoms with van der Waals surface area (Å²) in [4.78, 5) is 28.8. The van der Waals surface area contributed by atoms with E-state index in [2.05, 4.69) is 15.2 Å². The third-order valence-corrected chi connectivity index (χ3v) is 3.91. The van der Waals surface area contributed by atoms with Crippen molar-refractivity contribution in [1.29, 1.82) is 0 Å². The van der Waals surface area contributed by atoms with Gasteiger partial charge in [0.1, 0.15) is 5.82 Å². The zero-order valence-corrected chi connectivity index (χ0v) is 12.5. The standard InChI is InChI=1S/C14H22N4O3/c1-9(2)12-15-13(17-16-12)14(21)18-7-5-10(6-8-18)3-4-11(19)20/h9-10H,3-8H2,1-2H3,(H,19,20)(H,15,16,17). The molecule has 1 aromatic rings. The molecule has 0 unspecified atom stereocenters. The van der Waals surface area contributed by atoms with E-state index in [-0.39, 0.29) is 24.1 Å². The number of nitrogens with zero attached hydrogens (tertiary/aromatic N) is 3. The number of hydrogen-bond donors (Lipinski definition) is 2. The van der Waals surface area contributed by atoms with Crippen molar-refractivity contribution >= 4 is 11.9 Å². The summed E-state index contributed by atoms with van der Waals surface area (Å²) < 4.78 is 0. The summed E-state index contributed by atoms with van der Waals surface area (Å²) in [6.45, 7) is 5.27. The molecule has 0 atom stereocenters. The van der Waals surface area contributed by atoms with Gasteiger partial charge in [-0.05, 0) is 25.2 Å². The largest absolute Gasteiger partial charge is 0.481 e. The SMILES string of the molecule is CC(C)c1nc(C(=O)N2CCC(CCC(=O)O)CC2)n[nH]1. The Bertz CT molecular complexity index is 504. The van der Waals surface area contributed by atoms with Crippen LogP contribution >= 0.6 is 0 Å². The van der Waals surface area contributed by atoms with Gasteiger partial charge >= 0.3 is 5.97 Å². The van der Waals surface area contributed by atoms with Crippen LogP contribution in [0.1, 0.15) is 61.9 Å². The summed E-state index contributed by atoms with van der Waals surface area (Å²) >= 11 is 0. The molecule has 1 aliphatic rings. The van der Waals surface area contributed by atoms with Crippen LogP contribution in [0.4, 0.5) is 0 Å². The monoisotopic (exact) mass is 294 g/mol. The minimum Gasteiger partial charge on any atom is -0.481 e. The maximum atomic E-state index is 12.3. The molecule has 1 aromatic heterocycles. The van der Waals surface area contributed by atoms with Crippen LogP contribution in [0.5, 0.6) is 0 Å². The number of aliphatic carboxylic acids is 1. The number of rotatable bonds is 5. The Morgan fingerprint density at radius 2 is 2.05 bits per heavy atom. The number of carbonyl (C=O) groups excluding carboxylic acids is 1. The molecule has 0 saturated carbocycles. The van der Waals surface area contributed by atoms with Crippen LogP contribution in [0.3, 0.4) is 0 Å². The molecule has 2 N–H and O–H groups in total. The molecular formula is C14H22N4O3. The van der Waals surface area contributed by atoms with E-state index in [9.17, 15) is 9.59 Å². The second-order valence-electron chi connectivity index (χ2n) is 5.87. The first-order valence-electron chi connectivity index (χ1n) is 7.40. The highest BCUT2D eigenvalue weighted by atomic mass is 16.4. The van der Waals surface area contributed by atoms with Crippen LogP contribution in [0.2, 0.25) is 0 Å². The fourth-order valence-corrected chi connectivity index (χ4v) is 2.52.